The zero-order valence-corrected chi connectivity index (χ0v) is 15.3. The van der Waals surface area contributed by atoms with E-state index in [1.54, 1.807) is 0 Å². The van der Waals surface area contributed by atoms with Crippen LogP contribution in [-0.4, -0.2) is 61.1 Å². The van der Waals surface area contributed by atoms with Crippen molar-refractivity contribution in [3.8, 4) is 0 Å². The van der Waals surface area contributed by atoms with Crippen molar-refractivity contribution in [1.29, 1.82) is 0 Å². The second-order valence-electron chi connectivity index (χ2n) is 7.95. The van der Waals surface area contributed by atoms with Crippen molar-refractivity contribution in [3.63, 3.8) is 0 Å². The number of carbonyl (C=O) groups is 1. The number of hydrogen-bond acceptors (Lipinski definition) is 3. The van der Waals surface area contributed by atoms with Crippen molar-refractivity contribution < 1.29 is 4.79 Å². The van der Waals surface area contributed by atoms with Gasteiger partial charge in [0.05, 0.1) is 0 Å². The van der Waals surface area contributed by atoms with Gasteiger partial charge >= 0.3 is 6.03 Å². The van der Waals surface area contributed by atoms with Gasteiger partial charge in [0.15, 0.2) is 0 Å². The number of hydrogen-bond donors (Lipinski definition) is 1. The molecule has 4 rings (SSSR count). The summed E-state index contributed by atoms with van der Waals surface area (Å²) in [5.74, 6) is 0.776. The Morgan fingerprint density at radius 2 is 1.76 bits per heavy atom. The minimum atomic E-state index is 0.0456. The normalized spacial score (nSPS) is 27.2. The minimum Gasteiger partial charge on any atom is -0.371 e. The molecule has 5 nitrogen and oxygen atoms in total. The summed E-state index contributed by atoms with van der Waals surface area (Å²) in [4.78, 5) is 19.5. The van der Waals surface area contributed by atoms with Crippen molar-refractivity contribution in [2.45, 2.75) is 38.6 Å². The fraction of sp³-hybridized carbons (Fsp3) is 0.650. The third kappa shape index (κ3) is 3.76. The van der Waals surface area contributed by atoms with Gasteiger partial charge in [-0.2, -0.15) is 0 Å². The Kier molecular flexibility index (Phi) is 4.84. The first-order valence-corrected chi connectivity index (χ1v) is 9.84. The molecule has 0 aliphatic carbocycles. The van der Waals surface area contributed by atoms with Gasteiger partial charge in [-0.25, -0.2) is 4.79 Å². The van der Waals surface area contributed by atoms with Gasteiger partial charge < -0.3 is 15.1 Å². The molecule has 0 saturated carbocycles. The summed E-state index contributed by atoms with van der Waals surface area (Å²) in [6, 6.07) is 8.93. The van der Waals surface area contributed by atoms with Crippen LogP contribution in [0.15, 0.2) is 24.3 Å². The lowest BCUT2D eigenvalue weighted by atomic mass is 10.2. The monoisotopic (exact) mass is 342 g/mol. The Morgan fingerprint density at radius 1 is 1.00 bits per heavy atom. The molecule has 3 fully saturated rings. The first kappa shape index (κ1) is 16.7. The van der Waals surface area contributed by atoms with Crippen LogP contribution in [-0.2, 0) is 0 Å². The van der Waals surface area contributed by atoms with Crippen LogP contribution < -0.4 is 10.2 Å². The Morgan fingerprint density at radius 3 is 2.44 bits per heavy atom. The number of benzene rings is 1. The summed E-state index contributed by atoms with van der Waals surface area (Å²) in [7, 11) is 0. The fourth-order valence-electron chi connectivity index (χ4n) is 4.46. The Balaban J connectivity index is 1.30. The third-order valence-electron chi connectivity index (χ3n) is 6.02. The van der Waals surface area contributed by atoms with Gasteiger partial charge in [-0.3, -0.25) is 4.90 Å². The van der Waals surface area contributed by atoms with E-state index in [9.17, 15) is 4.79 Å². The second-order valence-corrected chi connectivity index (χ2v) is 7.95. The van der Waals surface area contributed by atoms with E-state index in [1.807, 2.05) is 17.0 Å². The van der Waals surface area contributed by atoms with Gasteiger partial charge in [-0.1, -0.05) is 6.92 Å². The molecule has 3 aliphatic heterocycles. The number of amides is 2. The molecule has 1 N–H and O–H groups in total. The zero-order chi connectivity index (χ0) is 17.2. The molecule has 25 heavy (non-hydrogen) atoms. The molecule has 3 heterocycles. The summed E-state index contributed by atoms with van der Waals surface area (Å²) in [5.41, 5.74) is 2.16. The van der Waals surface area contributed by atoms with Crippen LogP contribution in [0, 0.1) is 5.92 Å². The Bertz CT molecular complexity index is 596. The van der Waals surface area contributed by atoms with E-state index < -0.39 is 0 Å². The average molecular weight is 342 g/mol. The number of carbonyl (C=O) groups excluding carboxylic acids is 1. The highest BCUT2D eigenvalue weighted by molar-refractivity contribution is 5.89. The zero-order valence-electron chi connectivity index (χ0n) is 15.3. The van der Waals surface area contributed by atoms with Crippen molar-refractivity contribution >= 4 is 17.4 Å². The maximum absolute atomic E-state index is 12.5. The van der Waals surface area contributed by atoms with Gasteiger partial charge in [-0.05, 0) is 69.0 Å². The molecule has 2 atom stereocenters. The summed E-state index contributed by atoms with van der Waals surface area (Å²) < 4.78 is 0. The fourth-order valence-corrected chi connectivity index (χ4v) is 4.46. The van der Waals surface area contributed by atoms with E-state index in [0.29, 0.717) is 6.04 Å². The number of nitrogens with one attached hydrogen (secondary N) is 1. The SMILES string of the molecule is CC1CCN(c2ccc(NC(=O)N3CCC(N4CCCC4)C3)cc2)C1. The van der Waals surface area contributed by atoms with Crippen LogP contribution in [0.2, 0.25) is 0 Å². The molecule has 2 unspecified atom stereocenters. The minimum absolute atomic E-state index is 0.0456. The number of anilines is 2. The Hall–Kier alpha value is -1.75. The predicted molar refractivity (Wildman–Crippen MR) is 102 cm³/mol. The molecule has 1 aromatic carbocycles. The average Bonchev–Trinajstić information content (AvgIpc) is 3.36. The van der Waals surface area contributed by atoms with Gasteiger partial charge in [0, 0.05) is 43.6 Å². The summed E-state index contributed by atoms with van der Waals surface area (Å²) in [6.45, 7) is 8.73. The first-order chi connectivity index (χ1) is 12.2. The van der Waals surface area contributed by atoms with Crippen molar-refractivity contribution in [1.82, 2.24) is 9.80 Å². The number of urea groups is 1. The largest absolute Gasteiger partial charge is 0.371 e. The number of likely N-dealkylation sites (tertiary alicyclic amines) is 2. The summed E-state index contributed by atoms with van der Waals surface area (Å²) >= 11 is 0. The van der Waals surface area contributed by atoms with Gasteiger partial charge in [0.2, 0.25) is 0 Å². The van der Waals surface area contributed by atoms with E-state index in [4.69, 9.17) is 0 Å². The van der Waals surface area contributed by atoms with Crippen LogP contribution in [0.4, 0.5) is 16.2 Å². The molecule has 0 aromatic heterocycles. The first-order valence-electron chi connectivity index (χ1n) is 9.84. The maximum Gasteiger partial charge on any atom is 0.321 e. The molecule has 136 valence electrons. The topological polar surface area (TPSA) is 38.8 Å². The number of rotatable bonds is 3. The van der Waals surface area contributed by atoms with Crippen LogP contribution in [0.25, 0.3) is 0 Å². The predicted octanol–water partition coefficient (Wildman–Crippen LogP) is 3.23. The molecule has 3 aliphatic rings. The third-order valence-corrected chi connectivity index (χ3v) is 6.02. The van der Waals surface area contributed by atoms with Crippen LogP contribution >= 0.6 is 0 Å². The van der Waals surface area contributed by atoms with Crippen molar-refractivity contribution in [2.24, 2.45) is 5.92 Å². The molecule has 0 bridgehead atoms. The van der Waals surface area contributed by atoms with Crippen LogP contribution in [0.3, 0.4) is 0 Å². The quantitative estimate of drug-likeness (QED) is 0.916. The lowest BCUT2D eigenvalue weighted by Crippen LogP contribution is -2.38. The molecule has 2 amide bonds. The van der Waals surface area contributed by atoms with E-state index in [-0.39, 0.29) is 6.03 Å². The highest BCUT2D eigenvalue weighted by atomic mass is 16.2. The smallest absolute Gasteiger partial charge is 0.321 e. The molecular weight excluding hydrogens is 312 g/mol. The Labute approximate surface area is 151 Å². The lowest BCUT2D eigenvalue weighted by Gasteiger charge is -2.24. The molecule has 1 aromatic rings. The van der Waals surface area contributed by atoms with Crippen LogP contribution in [0.1, 0.15) is 32.6 Å². The van der Waals surface area contributed by atoms with Gasteiger partial charge in [0.25, 0.3) is 0 Å². The second kappa shape index (κ2) is 7.24. The van der Waals surface area contributed by atoms with Crippen molar-refractivity contribution in [3.05, 3.63) is 24.3 Å². The number of nitrogens with zero attached hydrogens (tertiary/aromatic N) is 3. The maximum atomic E-state index is 12.5. The highest BCUT2D eigenvalue weighted by Gasteiger charge is 2.31. The highest BCUT2D eigenvalue weighted by Crippen LogP contribution is 2.25. The summed E-state index contributed by atoms with van der Waals surface area (Å²) in [5, 5.41) is 3.07. The molecule has 0 spiro atoms. The standard InChI is InChI=1S/C20H30N4O/c1-16-8-12-23(14-16)18-6-4-17(5-7-18)21-20(25)24-13-9-19(15-24)22-10-2-3-11-22/h4-7,16,19H,2-3,8-15H2,1H3,(H,21,25). The van der Waals surface area contributed by atoms with Crippen molar-refractivity contribution in [2.75, 3.05) is 49.5 Å². The van der Waals surface area contributed by atoms with E-state index in [1.165, 1.54) is 38.0 Å². The van der Waals surface area contributed by atoms with Gasteiger partial charge in [0.1, 0.15) is 0 Å². The van der Waals surface area contributed by atoms with Crippen LogP contribution in [0.5, 0.6) is 0 Å². The van der Waals surface area contributed by atoms with E-state index in [2.05, 4.69) is 34.2 Å². The molecular formula is C20H30N4O. The molecule has 5 heteroatoms. The molecule has 3 saturated heterocycles. The van der Waals surface area contributed by atoms with E-state index >= 15 is 0 Å². The van der Waals surface area contributed by atoms with Gasteiger partial charge in [-0.15, -0.1) is 0 Å². The van der Waals surface area contributed by atoms with E-state index in [0.717, 1.165) is 44.2 Å². The lowest BCUT2D eigenvalue weighted by molar-refractivity contribution is 0.210. The summed E-state index contributed by atoms with van der Waals surface area (Å²) in [6.07, 6.45) is 5.00. The molecule has 0 radical (unpaired) electrons.